The van der Waals surface area contributed by atoms with Crippen LogP contribution < -0.4 is 14.2 Å². The quantitative estimate of drug-likeness (QED) is 0.438. The van der Waals surface area contributed by atoms with E-state index in [0.29, 0.717) is 30.8 Å². The second-order valence-corrected chi connectivity index (χ2v) is 8.23. The molecule has 1 aliphatic heterocycles. The summed E-state index contributed by atoms with van der Waals surface area (Å²) in [5, 5.41) is 5.32. The van der Waals surface area contributed by atoms with Crippen LogP contribution >= 0.6 is 0 Å². The van der Waals surface area contributed by atoms with Gasteiger partial charge >= 0.3 is 0 Å². The van der Waals surface area contributed by atoms with E-state index < -0.39 is 0 Å². The van der Waals surface area contributed by atoms with Gasteiger partial charge in [-0.15, -0.1) is 0 Å². The molecule has 0 atom stereocenters. The van der Waals surface area contributed by atoms with Gasteiger partial charge in [0.1, 0.15) is 17.2 Å². The highest BCUT2D eigenvalue weighted by Gasteiger charge is 2.23. The summed E-state index contributed by atoms with van der Waals surface area (Å²) < 4.78 is 17.9. The number of carbonyl (C=O) groups excluding carboxylic acids is 1. The molecule has 0 saturated carbocycles. The zero-order valence-electron chi connectivity index (χ0n) is 19.4. The molecule has 0 unspecified atom stereocenters. The van der Waals surface area contributed by atoms with Gasteiger partial charge in [0.25, 0.3) is 5.91 Å². The molecule has 0 radical (unpaired) electrons. The molecular weight excluding hydrogens is 432 g/mol. The van der Waals surface area contributed by atoms with Crippen molar-refractivity contribution in [3.05, 3.63) is 77.1 Å². The average molecular weight is 459 g/mol. The van der Waals surface area contributed by atoms with Gasteiger partial charge in [0.05, 0.1) is 39.6 Å². The van der Waals surface area contributed by atoms with Crippen molar-refractivity contribution in [3.8, 4) is 17.2 Å². The molecule has 2 aromatic heterocycles. The Labute approximate surface area is 197 Å². The maximum absolute atomic E-state index is 13.2. The van der Waals surface area contributed by atoms with E-state index >= 15 is 0 Å². The third-order valence-corrected chi connectivity index (χ3v) is 6.25. The summed E-state index contributed by atoms with van der Waals surface area (Å²) in [6.07, 6.45) is 4.20. The fourth-order valence-electron chi connectivity index (χ4n) is 4.36. The molecule has 8 nitrogen and oxygen atoms in total. The van der Waals surface area contributed by atoms with Crippen molar-refractivity contribution >= 4 is 16.9 Å². The molecule has 3 heterocycles. The lowest BCUT2D eigenvalue weighted by Crippen LogP contribution is -2.36. The van der Waals surface area contributed by atoms with Gasteiger partial charge in [-0.25, -0.2) is 9.67 Å². The van der Waals surface area contributed by atoms with E-state index in [-0.39, 0.29) is 5.91 Å². The normalized spacial score (nSPS) is 13.0. The summed E-state index contributed by atoms with van der Waals surface area (Å²) in [5.41, 5.74) is 4.60. The molecule has 0 N–H and O–H groups in total. The molecule has 2 aromatic carbocycles. The Morgan fingerprint density at radius 3 is 2.53 bits per heavy atom. The number of hydrogen-bond donors (Lipinski definition) is 0. The third-order valence-electron chi connectivity index (χ3n) is 6.25. The van der Waals surface area contributed by atoms with E-state index in [0.717, 1.165) is 40.2 Å². The van der Waals surface area contributed by atoms with Crippen molar-refractivity contribution in [1.29, 1.82) is 0 Å². The van der Waals surface area contributed by atoms with Gasteiger partial charge in [-0.2, -0.15) is 5.10 Å². The van der Waals surface area contributed by atoms with Gasteiger partial charge in [0.2, 0.25) is 0 Å². The lowest BCUT2D eigenvalue weighted by atomic mass is 9.99. The first-order chi connectivity index (χ1) is 16.6. The van der Waals surface area contributed by atoms with Crippen molar-refractivity contribution in [1.82, 2.24) is 19.7 Å². The molecule has 0 saturated heterocycles. The number of pyridine rings is 1. The van der Waals surface area contributed by atoms with E-state index in [1.807, 2.05) is 41.3 Å². The smallest absolute Gasteiger partial charge is 0.255 e. The minimum Gasteiger partial charge on any atom is -0.497 e. The van der Waals surface area contributed by atoms with Crippen LogP contribution in [0.4, 0.5) is 0 Å². The van der Waals surface area contributed by atoms with Gasteiger partial charge in [-0.1, -0.05) is 6.07 Å². The Hall–Kier alpha value is -4.07. The first-order valence-corrected chi connectivity index (χ1v) is 11.1. The van der Waals surface area contributed by atoms with Crippen LogP contribution in [0.5, 0.6) is 17.2 Å². The number of carbonyl (C=O) groups is 1. The van der Waals surface area contributed by atoms with Crippen LogP contribution in [0.15, 0.2) is 54.9 Å². The Balaban J connectivity index is 1.37. The van der Waals surface area contributed by atoms with Crippen LogP contribution in [0, 0.1) is 0 Å². The zero-order chi connectivity index (χ0) is 23.7. The van der Waals surface area contributed by atoms with Crippen LogP contribution in [0.3, 0.4) is 0 Å². The van der Waals surface area contributed by atoms with Crippen LogP contribution in [0.2, 0.25) is 0 Å². The van der Waals surface area contributed by atoms with Crippen LogP contribution in [-0.2, 0) is 19.5 Å². The summed E-state index contributed by atoms with van der Waals surface area (Å²) in [6, 6.07) is 13.6. The third kappa shape index (κ3) is 4.03. The topological polar surface area (TPSA) is 78.7 Å². The first-order valence-electron chi connectivity index (χ1n) is 11.1. The highest BCUT2D eigenvalue weighted by atomic mass is 16.5. The Kier molecular flexibility index (Phi) is 5.79. The van der Waals surface area contributed by atoms with Crippen molar-refractivity contribution in [2.24, 2.45) is 0 Å². The molecule has 4 aromatic rings. The number of nitrogens with zero attached hydrogens (tertiary/aromatic N) is 4. The minimum atomic E-state index is -0.0348. The summed E-state index contributed by atoms with van der Waals surface area (Å²) in [7, 11) is 4.90. The largest absolute Gasteiger partial charge is 0.497 e. The van der Waals surface area contributed by atoms with Crippen molar-refractivity contribution < 1.29 is 19.0 Å². The highest BCUT2D eigenvalue weighted by molar-refractivity contribution is 5.97. The number of fused-ring (bicyclic) bond motifs is 2. The molecule has 0 fully saturated rings. The van der Waals surface area contributed by atoms with Crippen LogP contribution in [0.1, 0.15) is 27.0 Å². The standard InChI is InChI=1S/C26H26N4O4/c1-32-22-6-4-17-8-9-29(15-21(17)11-22)26(31)20-10-19-14-28-30(25(19)27-13-20)16-18-5-7-23(33-2)12-24(18)34-3/h4-7,10-14H,8-9,15-16H2,1-3H3. The summed E-state index contributed by atoms with van der Waals surface area (Å²) in [4.78, 5) is 19.7. The van der Waals surface area contributed by atoms with Gasteiger partial charge in [0, 0.05) is 36.3 Å². The Morgan fingerprint density at radius 1 is 0.941 bits per heavy atom. The number of methoxy groups -OCH3 is 3. The van der Waals surface area contributed by atoms with Gasteiger partial charge in [0.15, 0.2) is 5.65 Å². The van der Waals surface area contributed by atoms with Crippen molar-refractivity contribution in [3.63, 3.8) is 0 Å². The second-order valence-electron chi connectivity index (χ2n) is 8.23. The SMILES string of the molecule is COc1ccc2c(c1)CN(C(=O)c1cnc3c(cnn3Cc3ccc(OC)cc3OC)c1)CC2. The van der Waals surface area contributed by atoms with Gasteiger partial charge < -0.3 is 19.1 Å². The molecule has 0 aliphatic carbocycles. The number of hydrogen-bond acceptors (Lipinski definition) is 6. The van der Waals surface area contributed by atoms with Crippen LogP contribution in [-0.4, -0.2) is 53.4 Å². The van der Waals surface area contributed by atoms with E-state index in [1.54, 1.807) is 38.4 Å². The summed E-state index contributed by atoms with van der Waals surface area (Å²) >= 11 is 0. The predicted octanol–water partition coefficient (Wildman–Crippen LogP) is 3.70. The maximum Gasteiger partial charge on any atom is 0.255 e. The molecule has 174 valence electrons. The number of amides is 1. The molecule has 0 spiro atoms. The lowest BCUT2D eigenvalue weighted by molar-refractivity contribution is 0.0734. The molecule has 1 aliphatic rings. The number of rotatable bonds is 6. The van der Waals surface area contributed by atoms with E-state index in [2.05, 4.69) is 16.1 Å². The van der Waals surface area contributed by atoms with Crippen LogP contribution in [0.25, 0.3) is 11.0 Å². The number of aromatic nitrogens is 3. The lowest BCUT2D eigenvalue weighted by Gasteiger charge is -2.29. The molecule has 8 heteroatoms. The summed E-state index contributed by atoms with van der Waals surface area (Å²) in [6.45, 7) is 1.72. The van der Waals surface area contributed by atoms with E-state index in [1.165, 1.54) is 5.56 Å². The molecule has 34 heavy (non-hydrogen) atoms. The van der Waals surface area contributed by atoms with E-state index in [4.69, 9.17) is 14.2 Å². The molecule has 5 rings (SSSR count). The highest BCUT2D eigenvalue weighted by Crippen LogP contribution is 2.27. The fraction of sp³-hybridized carbons (Fsp3) is 0.269. The Bertz CT molecular complexity index is 1360. The van der Waals surface area contributed by atoms with Crippen molar-refractivity contribution in [2.75, 3.05) is 27.9 Å². The molecular formula is C26H26N4O4. The van der Waals surface area contributed by atoms with Gasteiger partial charge in [-0.3, -0.25) is 4.79 Å². The minimum absolute atomic E-state index is 0.0348. The monoisotopic (exact) mass is 458 g/mol. The number of benzene rings is 2. The van der Waals surface area contributed by atoms with E-state index in [9.17, 15) is 4.79 Å². The zero-order valence-corrected chi connectivity index (χ0v) is 19.4. The Morgan fingerprint density at radius 2 is 1.74 bits per heavy atom. The maximum atomic E-state index is 13.2. The second kappa shape index (κ2) is 9.05. The molecule has 1 amide bonds. The molecule has 0 bridgehead atoms. The number of ether oxygens (including phenoxy) is 3. The van der Waals surface area contributed by atoms with Crippen molar-refractivity contribution in [2.45, 2.75) is 19.5 Å². The average Bonchev–Trinajstić information content (AvgIpc) is 3.29. The van der Waals surface area contributed by atoms with Gasteiger partial charge in [-0.05, 0) is 47.9 Å². The fourth-order valence-corrected chi connectivity index (χ4v) is 4.36. The predicted molar refractivity (Wildman–Crippen MR) is 128 cm³/mol. The summed E-state index contributed by atoms with van der Waals surface area (Å²) in [5.74, 6) is 2.22. The first kappa shape index (κ1) is 21.8.